The molecule has 2 saturated heterocycles. The van der Waals surface area contributed by atoms with Gasteiger partial charge in [0.05, 0.1) is 22.6 Å². The van der Waals surface area contributed by atoms with Gasteiger partial charge in [-0.05, 0) is 39.0 Å². The lowest BCUT2D eigenvalue weighted by Crippen LogP contribution is -2.38. The molecule has 2 heterocycles. The lowest BCUT2D eigenvalue weighted by molar-refractivity contribution is -0.117. The van der Waals surface area contributed by atoms with Gasteiger partial charge in [-0.15, -0.1) is 0 Å². The summed E-state index contributed by atoms with van der Waals surface area (Å²) in [5.74, 6) is -1.40. The minimum Gasteiger partial charge on any atom is -0.444 e. The Bertz CT molecular complexity index is 1010. The molecule has 0 unspecified atom stereocenters. The molecule has 12 heteroatoms. The van der Waals surface area contributed by atoms with Gasteiger partial charge < -0.3 is 15.0 Å². The number of halogens is 2. The first kappa shape index (κ1) is 22.8. The number of alkyl carbamates (subject to hydrolysis) is 1. The van der Waals surface area contributed by atoms with Gasteiger partial charge in [-0.25, -0.2) is 17.6 Å². The molecule has 0 aromatic heterocycles. The minimum absolute atomic E-state index is 0.0445. The molecular weight excluding hydrogens is 457 g/mol. The van der Waals surface area contributed by atoms with Gasteiger partial charge >= 0.3 is 6.09 Å². The molecule has 2 aliphatic rings. The Kier molecular flexibility index (Phi) is 6.35. The molecule has 2 aliphatic heterocycles. The Balaban J connectivity index is 1.80. The van der Waals surface area contributed by atoms with Crippen molar-refractivity contribution in [1.82, 2.24) is 5.32 Å². The molecule has 3 rings (SSSR count). The van der Waals surface area contributed by atoms with E-state index in [1.165, 1.54) is 18.2 Å². The van der Waals surface area contributed by atoms with Crippen LogP contribution in [-0.2, 0) is 19.4 Å². The summed E-state index contributed by atoms with van der Waals surface area (Å²) in [5, 5.41) is 2.17. The third kappa shape index (κ3) is 5.44. The number of aliphatic imine (C=N–C) groups is 1. The Morgan fingerprint density at radius 1 is 1.37 bits per heavy atom. The average molecular weight is 478 g/mol. The molecule has 1 N–H and O–H groups in total. The number of fused-ring (bicyclic) bond motifs is 1. The van der Waals surface area contributed by atoms with Crippen molar-refractivity contribution in [2.75, 3.05) is 23.0 Å². The van der Waals surface area contributed by atoms with Crippen molar-refractivity contribution in [3.8, 4) is 0 Å². The zero-order valence-electron chi connectivity index (χ0n) is 16.5. The lowest BCUT2D eigenvalue weighted by atomic mass is 10.2. The van der Waals surface area contributed by atoms with Crippen LogP contribution in [0.2, 0.25) is 5.02 Å². The third-order valence-electron chi connectivity index (χ3n) is 4.25. The van der Waals surface area contributed by atoms with Gasteiger partial charge in [-0.2, -0.15) is 4.99 Å². The number of carbonyl (C=O) groups is 2. The maximum Gasteiger partial charge on any atom is 0.408 e. The predicted molar refractivity (Wildman–Crippen MR) is 114 cm³/mol. The van der Waals surface area contributed by atoms with Crippen molar-refractivity contribution in [3.63, 3.8) is 0 Å². The van der Waals surface area contributed by atoms with Crippen LogP contribution in [-0.4, -0.2) is 60.5 Å². The van der Waals surface area contributed by atoms with Crippen molar-refractivity contribution in [2.45, 2.75) is 37.7 Å². The first-order chi connectivity index (χ1) is 13.8. The van der Waals surface area contributed by atoms with Crippen LogP contribution in [0.25, 0.3) is 0 Å². The number of thioether (sulfide) groups is 1. The maximum absolute atomic E-state index is 13.6. The van der Waals surface area contributed by atoms with Gasteiger partial charge in [-0.1, -0.05) is 23.4 Å². The normalized spacial score (nSPS) is 24.0. The zero-order chi connectivity index (χ0) is 22.3. The number of anilines is 1. The van der Waals surface area contributed by atoms with E-state index in [9.17, 15) is 22.4 Å². The topological polar surface area (TPSA) is 105 Å². The fraction of sp³-hybridized carbons (Fsp3) is 0.500. The lowest BCUT2D eigenvalue weighted by Gasteiger charge is -2.24. The fourth-order valence-corrected chi connectivity index (χ4v) is 7.22. The van der Waals surface area contributed by atoms with Gasteiger partial charge in [0.2, 0.25) is 0 Å². The second-order valence-corrected chi connectivity index (χ2v) is 11.7. The Hall–Kier alpha value is -1.85. The molecule has 0 bridgehead atoms. The van der Waals surface area contributed by atoms with E-state index in [0.717, 1.165) is 11.8 Å². The van der Waals surface area contributed by atoms with Crippen molar-refractivity contribution >= 4 is 56.1 Å². The predicted octanol–water partition coefficient (Wildman–Crippen LogP) is 2.61. The summed E-state index contributed by atoms with van der Waals surface area (Å²) < 4.78 is 42.8. The quantitative estimate of drug-likeness (QED) is 0.713. The second-order valence-electron chi connectivity index (χ2n) is 7.91. The molecule has 2 amide bonds. The second kappa shape index (κ2) is 8.35. The highest BCUT2D eigenvalue weighted by atomic mass is 35.5. The number of ether oxygens (including phenoxy) is 1. The molecule has 2 fully saturated rings. The zero-order valence-corrected chi connectivity index (χ0v) is 18.9. The third-order valence-corrected chi connectivity index (χ3v) is 7.75. The summed E-state index contributed by atoms with van der Waals surface area (Å²) in [4.78, 5) is 29.7. The summed E-state index contributed by atoms with van der Waals surface area (Å²) >= 11 is 7.05. The van der Waals surface area contributed by atoms with Crippen LogP contribution in [0.4, 0.5) is 14.9 Å². The number of sulfone groups is 1. The molecule has 8 nitrogen and oxygen atoms in total. The van der Waals surface area contributed by atoms with Gasteiger partial charge in [0.25, 0.3) is 5.91 Å². The largest absolute Gasteiger partial charge is 0.444 e. The average Bonchev–Trinajstić information content (AvgIpc) is 3.05. The number of nitrogens with zero attached hydrogens (tertiary/aromatic N) is 2. The van der Waals surface area contributed by atoms with E-state index in [2.05, 4.69) is 10.3 Å². The number of nitrogens with one attached hydrogen (secondary N) is 1. The van der Waals surface area contributed by atoms with E-state index < -0.39 is 39.3 Å². The summed E-state index contributed by atoms with van der Waals surface area (Å²) in [5.41, 5.74) is -0.271. The highest BCUT2D eigenvalue weighted by molar-refractivity contribution is 8.16. The minimum atomic E-state index is -3.24. The van der Waals surface area contributed by atoms with Gasteiger partial charge in [-0.3, -0.25) is 4.79 Å². The number of amidine groups is 1. The number of hydrogen-bond donors (Lipinski definition) is 1. The van der Waals surface area contributed by atoms with Crippen molar-refractivity contribution in [2.24, 2.45) is 4.99 Å². The number of benzene rings is 1. The molecule has 0 radical (unpaired) electrons. The molecule has 2 atom stereocenters. The number of hydrogen-bond acceptors (Lipinski definition) is 6. The molecular formula is C18H21ClFN3O5S2. The summed E-state index contributed by atoms with van der Waals surface area (Å²) in [6, 6.07) is 3.53. The first-order valence-electron chi connectivity index (χ1n) is 9.04. The molecule has 1 aromatic rings. The van der Waals surface area contributed by atoms with Crippen LogP contribution >= 0.6 is 23.4 Å². The van der Waals surface area contributed by atoms with Crippen LogP contribution in [0.15, 0.2) is 23.2 Å². The van der Waals surface area contributed by atoms with Crippen molar-refractivity contribution < 1.29 is 27.1 Å². The smallest absolute Gasteiger partial charge is 0.408 e. The first-order valence-corrected chi connectivity index (χ1v) is 12.1. The number of carbonyl (C=O) groups excluding carboxylic acids is 2. The Labute approximate surface area is 183 Å². The van der Waals surface area contributed by atoms with E-state index in [1.807, 2.05) is 0 Å². The van der Waals surface area contributed by atoms with Crippen molar-refractivity contribution in [3.05, 3.63) is 29.0 Å². The van der Waals surface area contributed by atoms with Gasteiger partial charge in [0.15, 0.2) is 15.0 Å². The van der Waals surface area contributed by atoms with E-state index in [-0.39, 0.29) is 33.5 Å². The fourth-order valence-electron chi connectivity index (χ4n) is 3.11. The van der Waals surface area contributed by atoms with E-state index in [1.54, 1.807) is 25.7 Å². The van der Waals surface area contributed by atoms with E-state index in [4.69, 9.17) is 16.3 Å². The number of amides is 2. The number of rotatable bonds is 3. The van der Waals surface area contributed by atoms with Crippen molar-refractivity contribution in [1.29, 1.82) is 0 Å². The molecule has 1 aromatic carbocycles. The van der Waals surface area contributed by atoms with Gasteiger partial charge in [0.1, 0.15) is 18.0 Å². The standard InChI is InChI=1S/C18H21ClFN3O5S2/c1-18(2,3)28-17(25)21-7-15(24)22-16-23(10-4-5-12(20)11(19)6-10)13-8-30(26,27)9-14(13)29-16/h4-6,13-14H,7-9H2,1-3H3,(H,21,25)/t13-,14+/m1/s1. The SMILES string of the molecule is CC(C)(C)OC(=O)NCC(=O)N=C1S[C@H]2CS(=O)(=O)C[C@H]2N1c1ccc(F)c(Cl)c1. The van der Waals surface area contributed by atoms with Gasteiger partial charge in [0, 0.05) is 10.9 Å². The molecule has 30 heavy (non-hydrogen) atoms. The summed E-state index contributed by atoms with van der Waals surface area (Å²) in [6.45, 7) is 4.71. The molecule has 164 valence electrons. The van der Waals surface area contributed by atoms with E-state index >= 15 is 0 Å². The van der Waals surface area contributed by atoms with Crippen LogP contribution in [0, 0.1) is 5.82 Å². The summed E-state index contributed by atoms with van der Waals surface area (Å²) in [6.07, 6.45) is -0.750. The van der Waals surface area contributed by atoms with Crippen LogP contribution < -0.4 is 10.2 Å². The monoisotopic (exact) mass is 477 g/mol. The summed E-state index contributed by atoms with van der Waals surface area (Å²) in [7, 11) is -3.24. The maximum atomic E-state index is 13.6. The Morgan fingerprint density at radius 3 is 2.70 bits per heavy atom. The Morgan fingerprint density at radius 2 is 2.07 bits per heavy atom. The molecule has 0 spiro atoms. The van der Waals surface area contributed by atoms with E-state index in [0.29, 0.717) is 5.69 Å². The van der Waals surface area contributed by atoms with Crippen LogP contribution in [0.3, 0.4) is 0 Å². The van der Waals surface area contributed by atoms with Crippen LogP contribution in [0.5, 0.6) is 0 Å². The highest BCUT2D eigenvalue weighted by Crippen LogP contribution is 2.41. The highest BCUT2D eigenvalue weighted by Gasteiger charge is 2.49. The van der Waals surface area contributed by atoms with Crippen LogP contribution in [0.1, 0.15) is 20.8 Å². The molecule has 0 aliphatic carbocycles. The molecule has 0 saturated carbocycles.